The molecule has 1 aliphatic rings. The molecule has 0 aromatic carbocycles. The molecule has 0 saturated carbocycles. The lowest BCUT2D eigenvalue weighted by atomic mass is 10.3. The number of carbonyl (C=O) groups is 1. The van der Waals surface area contributed by atoms with Gasteiger partial charge in [0.2, 0.25) is 0 Å². The monoisotopic (exact) mass is 129 g/mol. The molecule has 1 rings (SSSR count). The summed E-state index contributed by atoms with van der Waals surface area (Å²) in [5.74, 6) is 0. The minimum Gasteiger partial charge on any atom is -0.351 e. The smallest absolute Gasteiger partial charge is 0.315 e. The third kappa shape index (κ3) is 1.57. The number of rotatable bonds is 0. The van der Waals surface area contributed by atoms with E-state index in [0.717, 1.165) is 19.5 Å². The van der Waals surface area contributed by atoms with E-state index in [4.69, 9.17) is 5.73 Å². The van der Waals surface area contributed by atoms with Crippen LogP contribution in [0, 0.1) is 0 Å². The van der Waals surface area contributed by atoms with E-state index in [2.05, 4.69) is 5.32 Å². The lowest BCUT2D eigenvalue weighted by molar-refractivity contribution is 0.191. The fourth-order valence-electron chi connectivity index (χ4n) is 0.876. The highest BCUT2D eigenvalue weighted by atomic mass is 16.2. The lowest BCUT2D eigenvalue weighted by Gasteiger charge is -2.25. The summed E-state index contributed by atoms with van der Waals surface area (Å²) in [5, 5.41) is 3.04. The summed E-state index contributed by atoms with van der Waals surface area (Å²) in [6, 6.07) is -0.331. The summed E-state index contributed by atoms with van der Waals surface area (Å²) in [7, 11) is 0. The minimum atomic E-state index is -0.331. The van der Waals surface area contributed by atoms with Crippen LogP contribution in [0.15, 0.2) is 0 Å². The first-order valence-corrected chi connectivity index (χ1v) is 3.06. The van der Waals surface area contributed by atoms with Crippen LogP contribution in [0.5, 0.6) is 0 Å². The molecule has 0 radical (unpaired) electrons. The number of nitrogens with one attached hydrogen (secondary N) is 1. The standard InChI is InChI=1S/C5H11N3O/c6-5(9)8-3-1-2-7-4-8/h7H,1-4H2,(H2,6,9). The molecule has 0 spiro atoms. The van der Waals surface area contributed by atoms with Crippen LogP contribution in [0.25, 0.3) is 0 Å². The average molecular weight is 129 g/mol. The van der Waals surface area contributed by atoms with Gasteiger partial charge in [0, 0.05) is 6.54 Å². The molecule has 3 N–H and O–H groups in total. The summed E-state index contributed by atoms with van der Waals surface area (Å²) in [6.07, 6.45) is 1.00. The maximum Gasteiger partial charge on any atom is 0.315 e. The predicted octanol–water partition coefficient (Wildman–Crippen LogP) is -0.682. The van der Waals surface area contributed by atoms with E-state index in [1.807, 2.05) is 0 Å². The van der Waals surface area contributed by atoms with Crippen LogP contribution in [0.4, 0.5) is 4.79 Å². The molecule has 0 aromatic heterocycles. The van der Waals surface area contributed by atoms with Crippen LogP contribution >= 0.6 is 0 Å². The normalized spacial score (nSPS) is 19.8. The van der Waals surface area contributed by atoms with Crippen LogP contribution in [0.1, 0.15) is 6.42 Å². The van der Waals surface area contributed by atoms with Crippen molar-refractivity contribution < 1.29 is 4.79 Å². The van der Waals surface area contributed by atoms with E-state index in [0.29, 0.717) is 6.67 Å². The van der Waals surface area contributed by atoms with Crippen molar-refractivity contribution in [1.82, 2.24) is 10.2 Å². The van der Waals surface area contributed by atoms with Crippen molar-refractivity contribution in [3.05, 3.63) is 0 Å². The van der Waals surface area contributed by atoms with Gasteiger partial charge in [-0.05, 0) is 13.0 Å². The first-order valence-electron chi connectivity index (χ1n) is 3.06. The summed E-state index contributed by atoms with van der Waals surface area (Å²) >= 11 is 0. The fourth-order valence-corrected chi connectivity index (χ4v) is 0.876. The Morgan fingerprint density at radius 1 is 1.67 bits per heavy atom. The second-order valence-electron chi connectivity index (χ2n) is 2.11. The van der Waals surface area contributed by atoms with Gasteiger partial charge in [-0.2, -0.15) is 0 Å². The zero-order chi connectivity index (χ0) is 6.69. The summed E-state index contributed by atoms with van der Waals surface area (Å²) in [6.45, 7) is 2.39. The molecule has 52 valence electrons. The van der Waals surface area contributed by atoms with Crippen molar-refractivity contribution in [3.63, 3.8) is 0 Å². The third-order valence-electron chi connectivity index (χ3n) is 1.40. The number of nitrogens with two attached hydrogens (primary N) is 1. The van der Waals surface area contributed by atoms with Crippen LogP contribution in [0.3, 0.4) is 0 Å². The molecule has 1 heterocycles. The van der Waals surface area contributed by atoms with Crippen LogP contribution in [0.2, 0.25) is 0 Å². The number of primary amides is 1. The first-order chi connectivity index (χ1) is 4.30. The maximum absolute atomic E-state index is 10.5. The van der Waals surface area contributed by atoms with Gasteiger partial charge in [0.05, 0.1) is 6.67 Å². The van der Waals surface area contributed by atoms with Gasteiger partial charge in [-0.15, -0.1) is 0 Å². The van der Waals surface area contributed by atoms with E-state index < -0.39 is 0 Å². The highest BCUT2D eigenvalue weighted by Crippen LogP contribution is 1.93. The van der Waals surface area contributed by atoms with Crippen LogP contribution in [-0.4, -0.2) is 30.7 Å². The quantitative estimate of drug-likeness (QED) is 0.455. The molecule has 1 aliphatic heterocycles. The second kappa shape index (κ2) is 2.68. The Labute approximate surface area is 54.0 Å². The van der Waals surface area contributed by atoms with Gasteiger partial charge in [0.15, 0.2) is 0 Å². The van der Waals surface area contributed by atoms with Gasteiger partial charge in [0.25, 0.3) is 0 Å². The van der Waals surface area contributed by atoms with E-state index in [9.17, 15) is 4.79 Å². The molecule has 0 aliphatic carbocycles. The summed E-state index contributed by atoms with van der Waals surface area (Å²) in [4.78, 5) is 12.0. The summed E-state index contributed by atoms with van der Waals surface area (Å²) in [5.41, 5.74) is 5.01. The molecule has 0 unspecified atom stereocenters. The van der Waals surface area contributed by atoms with Crippen molar-refractivity contribution in [3.8, 4) is 0 Å². The molecule has 0 aromatic rings. The lowest BCUT2D eigenvalue weighted by Crippen LogP contribution is -2.47. The number of amides is 2. The Bertz CT molecular complexity index is 109. The highest BCUT2D eigenvalue weighted by Gasteiger charge is 2.11. The third-order valence-corrected chi connectivity index (χ3v) is 1.40. The zero-order valence-electron chi connectivity index (χ0n) is 5.26. The molecular formula is C5H11N3O. The molecule has 1 fully saturated rings. The average Bonchev–Trinajstić information content (AvgIpc) is 1.90. The Morgan fingerprint density at radius 2 is 2.44 bits per heavy atom. The highest BCUT2D eigenvalue weighted by molar-refractivity contribution is 5.71. The molecule has 4 heteroatoms. The Hall–Kier alpha value is -0.770. The molecule has 9 heavy (non-hydrogen) atoms. The number of urea groups is 1. The Balaban J connectivity index is 2.31. The molecule has 1 saturated heterocycles. The van der Waals surface area contributed by atoms with E-state index in [-0.39, 0.29) is 6.03 Å². The predicted molar refractivity (Wildman–Crippen MR) is 33.8 cm³/mol. The number of hydrogen-bond acceptors (Lipinski definition) is 2. The Morgan fingerprint density at radius 3 is 2.78 bits per heavy atom. The number of nitrogens with zero attached hydrogens (tertiary/aromatic N) is 1. The number of carbonyl (C=O) groups excluding carboxylic acids is 1. The van der Waals surface area contributed by atoms with Gasteiger partial charge >= 0.3 is 6.03 Å². The number of hydrogen-bond donors (Lipinski definition) is 2. The van der Waals surface area contributed by atoms with Gasteiger partial charge in [-0.1, -0.05) is 0 Å². The minimum absolute atomic E-state index is 0.331. The van der Waals surface area contributed by atoms with E-state index in [1.165, 1.54) is 0 Å². The molecule has 2 amide bonds. The van der Waals surface area contributed by atoms with Crippen molar-refractivity contribution in [1.29, 1.82) is 0 Å². The molecule has 0 atom stereocenters. The van der Waals surface area contributed by atoms with Gasteiger partial charge in [0.1, 0.15) is 0 Å². The van der Waals surface area contributed by atoms with Crippen molar-refractivity contribution >= 4 is 6.03 Å². The van der Waals surface area contributed by atoms with E-state index in [1.54, 1.807) is 4.90 Å². The van der Waals surface area contributed by atoms with Crippen molar-refractivity contribution in [2.45, 2.75) is 6.42 Å². The SMILES string of the molecule is NC(=O)N1CCCNC1. The fraction of sp³-hybridized carbons (Fsp3) is 0.800. The van der Waals surface area contributed by atoms with Crippen LogP contribution < -0.4 is 11.1 Å². The largest absolute Gasteiger partial charge is 0.351 e. The van der Waals surface area contributed by atoms with Gasteiger partial charge in [-0.25, -0.2) is 4.79 Å². The van der Waals surface area contributed by atoms with Crippen molar-refractivity contribution in [2.24, 2.45) is 5.73 Å². The van der Waals surface area contributed by atoms with Crippen LogP contribution in [-0.2, 0) is 0 Å². The van der Waals surface area contributed by atoms with Gasteiger partial charge in [-0.3, -0.25) is 5.32 Å². The first kappa shape index (κ1) is 6.35. The second-order valence-corrected chi connectivity index (χ2v) is 2.11. The summed E-state index contributed by atoms with van der Waals surface area (Å²) < 4.78 is 0. The Kier molecular flexibility index (Phi) is 1.89. The topological polar surface area (TPSA) is 58.4 Å². The zero-order valence-corrected chi connectivity index (χ0v) is 5.26. The molecule has 4 nitrogen and oxygen atoms in total. The maximum atomic E-state index is 10.5. The van der Waals surface area contributed by atoms with Crippen molar-refractivity contribution in [2.75, 3.05) is 19.8 Å². The van der Waals surface area contributed by atoms with Gasteiger partial charge < -0.3 is 10.6 Å². The molecule has 0 bridgehead atoms. The molecular weight excluding hydrogens is 118 g/mol. The van der Waals surface area contributed by atoms with E-state index >= 15 is 0 Å².